The molecule has 0 spiro atoms. The maximum atomic E-state index is 12.8. The molecule has 0 aliphatic carbocycles. The van der Waals surface area contributed by atoms with Gasteiger partial charge in [-0.2, -0.15) is 0 Å². The fourth-order valence-electron chi connectivity index (χ4n) is 3.91. The summed E-state index contributed by atoms with van der Waals surface area (Å²) in [7, 11) is 0. The van der Waals surface area contributed by atoms with E-state index in [1.165, 1.54) is 5.56 Å². The minimum absolute atomic E-state index is 0.0305. The highest BCUT2D eigenvalue weighted by Crippen LogP contribution is 2.19. The lowest BCUT2D eigenvalue weighted by molar-refractivity contribution is 0.296. The molecular formula is C23H28N6O. The fourth-order valence-corrected chi connectivity index (χ4v) is 3.91. The van der Waals surface area contributed by atoms with Gasteiger partial charge in [-0.1, -0.05) is 44.2 Å². The van der Waals surface area contributed by atoms with Crippen molar-refractivity contribution in [1.82, 2.24) is 24.1 Å². The Morgan fingerprint density at radius 1 is 0.967 bits per heavy atom. The summed E-state index contributed by atoms with van der Waals surface area (Å²) in [5.74, 6) is 1.36. The molecule has 0 atom stereocenters. The first-order valence-corrected chi connectivity index (χ1v) is 10.6. The average molecular weight is 405 g/mol. The molecule has 30 heavy (non-hydrogen) atoms. The first-order valence-electron chi connectivity index (χ1n) is 10.6. The molecule has 1 N–H and O–H groups in total. The molecule has 0 radical (unpaired) electrons. The van der Waals surface area contributed by atoms with E-state index in [-0.39, 0.29) is 5.56 Å². The second kappa shape index (κ2) is 8.67. The van der Waals surface area contributed by atoms with Crippen LogP contribution < -0.4 is 10.9 Å². The summed E-state index contributed by atoms with van der Waals surface area (Å²) in [4.78, 5) is 15.2. The van der Waals surface area contributed by atoms with Crippen LogP contribution in [0, 0.1) is 0 Å². The molecule has 0 bridgehead atoms. The van der Waals surface area contributed by atoms with Crippen LogP contribution >= 0.6 is 0 Å². The monoisotopic (exact) mass is 404 g/mol. The molecular weight excluding hydrogens is 376 g/mol. The van der Waals surface area contributed by atoms with Gasteiger partial charge >= 0.3 is 0 Å². The van der Waals surface area contributed by atoms with Crippen LogP contribution in [0.1, 0.15) is 32.2 Å². The fraction of sp³-hybridized carbons (Fsp3) is 0.348. The van der Waals surface area contributed by atoms with Gasteiger partial charge in [0.1, 0.15) is 0 Å². The first-order chi connectivity index (χ1) is 14.7. The lowest BCUT2D eigenvalue weighted by Crippen LogP contribution is -2.23. The highest BCUT2D eigenvalue weighted by Gasteiger charge is 2.16. The maximum Gasteiger partial charge on any atom is 0.262 e. The number of nitrogens with one attached hydrogen (secondary N) is 1. The number of hydrogen-bond donors (Lipinski definition) is 1. The highest BCUT2D eigenvalue weighted by atomic mass is 16.1. The van der Waals surface area contributed by atoms with Gasteiger partial charge in [-0.05, 0) is 43.8 Å². The van der Waals surface area contributed by atoms with Crippen molar-refractivity contribution in [2.45, 2.75) is 40.4 Å². The quantitative estimate of drug-likeness (QED) is 0.487. The Morgan fingerprint density at radius 3 is 2.47 bits per heavy atom. The summed E-state index contributed by atoms with van der Waals surface area (Å²) in [6.45, 7) is 10.3. The number of anilines is 1. The van der Waals surface area contributed by atoms with Gasteiger partial charge < -0.3 is 5.32 Å². The zero-order valence-electron chi connectivity index (χ0n) is 17.8. The minimum atomic E-state index is -0.0305. The van der Waals surface area contributed by atoms with Gasteiger partial charge in [-0.3, -0.25) is 18.7 Å². The van der Waals surface area contributed by atoms with Crippen LogP contribution in [0.25, 0.3) is 16.7 Å². The van der Waals surface area contributed by atoms with E-state index in [2.05, 4.69) is 52.5 Å². The molecule has 0 unspecified atom stereocenters. The third kappa shape index (κ3) is 3.57. The highest BCUT2D eigenvalue weighted by molar-refractivity contribution is 5.80. The van der Waals surface area contributed by atoms with E-state index in [1.54, 1.807) is 4.57 Å². The van der Waals surface area contributed by atoms with Crippen molar-refractivity contribution in [2.75, 3.05) is 18.4 Å². The molecule has 0 saturated carbocycles. The Balaban J connectivity index is 1.72. The number of aromatic nitrogens is 4. The van der Waals surface area contributed by atoms with Gasteiger partial charge in [-0.15, -0.1) is 10.2 Å². The van der Waals surface area contributed by atoms with Crippen LogP contribution in [0.15, 0.2) is 53.3 Å². The third-order valence-corrected chi connectivity index (χ3v) is 5.63. The van der Waals surface area contributed by atoms with Crippen LogP contribution in [0.4, 0.5) is 5.69 Å². The van der Waals surface area contributed by atoms with E-state index in [9.17, 15) is 4.79 Å². The molecule has 2 heterocycles. The number of fused-ring (bicyclic) bond motifs is 3. The first kappa shape index (κ1) is 20.1. The number of rotatable bonds is 8. The zero-order valence-corrected chi connectivity index (χ0v) is 17.8. The number of benzene rings is 2. The Morgan fingerprint density at radius 2 is 1.70 bits per heavy atom. The Labute approximate surface area is 176 Å². The van der Waals surface area contributed by atoms with Crippen molar-refractivity contribution in [3.05, 3.63) is 70.3 Å². The molecule has 4 rings (SSSR count). The van der Waals surface area contributed by atoms with Crippen molar-refractivity contribution in [1.29, 1.82) is 0 Å². The smallest absolute Gasteiger partial charge is 0.262 e. The summed E-state index contributed by atoms with van der Waals surface area (Å²) in [6, 6.07) is 16.0. The van der Waals surface area contributed by atoms with Crippen LogP contribution in [0.3, 0.4) is 0 Å². The predicted molar refractivity (Wildman–Crippen MR) is 121 cm³/mol. The van der Waals surface area contributed by atoms with Gasteiger partial charge in [0.2, 0.25) is 5.78 Å². The standard InChI is InChI=1S/C23H28N6O/c1-4-27(5-2)16-17-11-7-9-13-19(17)24-15-21-25-26-23-28(6-3)22(30)18-12-8-10-14-20(18)29(21)23/h7-14,24H,4-6,15-16H2,1-3H3. The van der Waals surface area contributed by atoms with Gasteiger partial charge in [0.05, 0.1) is 17.4 Å². The van der Waals surface area contributed by atoms with Crippen LogP contribution in [0.5, 0.6) is 0 Å². The predicted octanol–water partition coefficient (Wildman–Crippen LogP) is 3.52. The molecule has 7 nitrogen and oxygen atoms in total. The average Bonchev–Trinajstić information content (AvgIpc) is 3.21. The van der Waals surface area contributed by atoms with Gasteiger partial charge in [-0.25, -0.2) is 0 Å². The van der Waals surface area contributed by atoms with E-state index in [0.29, 0.717) is 24.3 Å². The van der Waals surface area contributed by atoms with E-state index >= 15 is 0 Å². The van der Waals surface area contributed by atoms with Crippen molar-refractivity contribution < 1.29 is 0 Å². The lowest BCUT2D eigenvalue weighted by Gasteiger charge is -2.20. The molecule has 2 aromatic heterocycles. The zero-order chi connectivity index (χ0) is 21.1. The van der Waals surface area contributed by atoms with Crippen molar-refractivity contribution in [3.63, 3.8) is 0 Å². The number of nitrogens with zero attached hydrogens (tertiary/aromatic N) is 5. The largest absolute Gasteiger partial charge is 0.377 e. The molecule has 0 fully saturated rings. The van der Waals surface area contributed by atoms with E-state index < -0.39 is 0 Å². The van der Waals surface area contributed by atoms with Gasteiger partial charge in [0.15, 0.2) is 5.82 Å². The Hall–Kier alpha value is -3.19. The summed E-state index contributed by atoms with van der Waals surface area (Å²) < 4.78 is 3.66. The normalized spacial score (nSPS) is 11.6. The van der Waals surface area contributed by atoms with Crippen LogP contribution in [-0.4, -0.2) is 37.2 Å². The SMILES string of the molecule is CCN(CC)Cc1ccccc1NCc1nnc2n(CC)c(=O)c3ccccc3n12. The topological polar surface area (TPSA) is 67.5 Å². The minimum Gasteiger partial charge on any atom is -0.377 e. The summed E-state index contributed by atoms with van der Waals surface area (Å²) in [6.07, 6.45) is 0. The summed E-state index contributed by atoms with van der Waals surface area (Å²) >= 11 is 0. The number of para-hydroxylation sites is 2. The van der Waals surface area contributed by atoms with E-state index in [1.807, 2.05) is 41.7 Å². The Kier molecular flexibility index (Phi) is 5.81. The van der Waals surface area contributed by atoms with Gasteiger partial charge in [0, 0.05) is 18.8 Å². The van der Waals surface area contributed by atoms with E-state index in [0.717, 1.165) is 36.7 Å². The molecule has 0 aliphatic heterocycles. The molecule has 7 heteroatoms. The molecule has 0 aliphatic rings. The van der Waals surface area contributed by atoms with Crippen molar-refractivity contribution in [2.24, 2.45) is 0 Å². The van der Waals surface area contributed by atoms with Crippen LogP contribution in [0.2, 0.25) is 0 Å². The van der Waals surface area contributed by atoms with Crippen molar-refractivity contribution in [3.8, 4) is 0 Å². The maximum absolute atomic E-state index is 12.8. The second-order valence-electron chi connectivity index (χ2n) is 7.29. The molecule has 2 aromatic carbocycles. The summed E-state index contributed by atoms with van der Waals surface area (Å²) in [5, 5.41) is 13.0. The van der Waals surface area contributed by atoms with E-state index in [4.69, 9.17) is 0 Å². The Bertz CT molecular complexity index is 1220. The van der Waals surface area contributed by atoms with Crippen molar-refractivity contribution >= 4 is 22.4 Å². The summed E-state index contributed by atoms with van der Waals surface area (Å²) in [5.41, 5.74) is 3.15. The molecule has 0 amide bonds. The molecule has 156 valence electrons. The van der Waals surface area contributed by atoms with Gasteiger partial charge in [0.25, 0.3) is 5.56 Å². The molecule has 0 saturated heterocycles. The number of aryl methyl sites for hydroxylation is 1. The molecule has 4 aromatic rings. The third-order valence-electron chi connectivity index (χ3n) is 5.63. The lowest BCUT2D eigenvalue weighted by atomic mass is 10.1. The second-order valence-corrected chi connectivity index (χ2v) is 7.29. The van der Waals surface area contributed by atoms with Crippen LogP contribution in [-0.2, 0) is 19.6 Å². The number of hydrogen-bond acceptors (Lipinski definition) is 5.